The summed E-state index contributed by atoms with van der Waals surface area (Å²) in [6.07, 6.45) is 0. The standard InChI is InChI=1S/C13H14N.2C7H7.Sb/c1-14(2)10-12-8-5-7-11-6-3-4-9-13(11)12;2*1-7-5-3-2-4-6-7;/h3-8H,10H2,1-2H3;2*3-6H,1H3;. The molecule has 0 amide bonds. The van der Waals surface area contributed by atoms with Crippen molar-refractivity contribution in [1.29, 1.82) is 0 Å². The Labute approximate surface area is 182 Å². The summed E-state index contributed by atoms with van der Waals surface area (Å²) in [5.41, 5.74) is 4.07. The Kier molecular flexibility index (Phi) is 6.09. The van der Waals surface area contributed by atoms with Crippen LogP contribution in [-0.4, -0.2) is 39.2 Å². The molecule has 0 N–H and O–H groups in total. The van der Waals surface area contributed by atoms with Crippen LogP contribution in [0.1, 0.15) is 16.7 Å². The molecular formula is C27H28NSb. The fraction of sp³-hybridized carbons (Fsp3) is 0.185. The van der Waals surface area contributed by atoms with Gasteiger partial charge in [-0.25, -0.2) is 0 Å². The van der Waals surface area contributed by atoms with E-state index in [1.54, 1.807) is 3.51 Å². The van der Waals surface area contributed by atoms with Crippen LogP contribution in [-0.2, 0) is 6.54 Å². The number of nitrogens with zero attached hydrogens (tertiary/aromatic N) is 1. The zero-order chi connectivity index (χ0) is 20.4. The third kappa shape index (κ3) is 4.42. The van der Waals surface area contributed by atoms with Gasteiger partial charge in [0.1, 0.15) is 0 Å². The van der Waals surface area contributed by atoms with Crippen molar-refractivity contribution >= 4 is 41.5 Å². The van der Waals surface area contributed by atoms with Crippen LogP contribution in [0, 0.1) is 13.8 Å². The zero-order valence-corrected chi connectivity index (χ0v) is 20.2. The minimum atomic E-state index is -2.17. The molecule has 0 aliphatic carbocycles. The van der Waals surface area contributed by atoms with Crippen molar-refractivity contribution in [2.24, 2.45) is 0 Å². The summed E-state index contributed by atoms with van der Waals surface area (Å²) in [6, 6.07) is 32.2. The average molecular weight is 488 g/mol. The van der Waals surface area contributed by atoms with Gasteiger partial charge in [-0.15, -0.1) is 0 Å². The molecule has 0 unspecified atom stereocenters. The second kappa shape index (κ2) is 8.74. The molecule has 29 heavy (non-hydrogen) atoms. The van der Waals surface area contributed by atoms with E-state index in [0.29, 0.717) is 0 Å². The number of benzene rings is 4. The Balaban J connectivity index is 1.98. The molecule has 2 heteroatoms. The van der Waals surface area contributed by atoms with Crippen LogP contribution < -0.4 is 10.5 Å². The Morgan fingerprint density at radius 2 is 1.17 bits per heavy atom. The van der Waals surface area contributed by atoms with Crippen molar-refractivity contribution in [3.05, 3.63) is 102 Å². The van der Waals surface area contributed by atoms with E-state index >= 15 is 0 Å². The van der Waals surface area contributed by atoms with Crippen LogP contribution in [0.25, 0.3) is 10.8 Å². The molecule has 0 aliphatic rings. The Morgan fingerprint density at radius 3 is 1.69 bits per heavy atom. The van der Waals surface area contributed by atoms with Gasteiger partial charge in [-0.1, -0.05) is 0 Å². The fourth-order valence-corrected chi connectivity index (χ4v) is 11.0. The van der Waals surface area contributed by atoms with E-state index in [2.05, 4.69) is 118 Å². The van der Waals surface area contributed by atoms with Gasteiger partial charge < -0.3 is 0 Å². The number of aryl methyl sites for hydroxylation is 2. The molecule has 4 aromatic rings. The molecule has 0 saturated heterocycles. The van der Waals surface area contributed by atoms with Crippen molar-refractivity contribution in [1.82, 2.24) is 4.90 Å². The van der Waals surface area contributed by atoms with Gasteiger partial charge in [0.2, 0.25) is 0 Å². The number of fused-ring (bicyclic) bond motifs is 1. The molecule has 0 spiro atoms. The van der Waals surface area contributed by atoms with Crippen LogP contribution in [0.3, 0.4) is 0 Å². The molecule has 4 aromatic carbocycles. The van der Waals surface area contributed by atoms with Crippen LogP contribution in [0.5, 0.6) is 0 Å². The van der Waals surface area contributed by atoms with Gasteiger partial charge in [-0.05, 0) is 0 Å². The maximum atomic E-state index is 2.39. The van der Waals surface area contributed by atoms with Crippen molar-refractivity contribution in [3.63, 3.8) is 0 Å². The SMILES string of the molecule is Cc1cc[c]([Sb]([c]2ccc(C)cc2)[c]2cccc3cccc(CN(C)C)c23)cc1. The molecule has 0 atom stereocenters. The molecule has 1 nitrogen and oxygen atoms in total. The first kappa shape index (κ1) is 20.2. The van der Waals surface area contributed by atoms with Crippen molar-refractivity contribution in [3.8, 4) is 0 Å². The first-order chi connectivity index (χ1) is 14.0. The Hall–Kier alpha value is -2.08. The fourth-order valence-electron chi connectivity index (χ4n) is 3.87. The van der Waals surface area contributed by atoms with E-state index < -0.39 is 20.2 Å². The summed E-state index contributed by atoms with van der Waals surface area (Å²) in [4.78, 5) is 2.27. The van der Waals surface area contributed by atoms with Crippen molar-refractivity contribution < 1.29 is 0 Å². The van der Waals surface area contributed by atoms with E-state index in [-0.39, 0.29) is 0 Å². The van der Waals surface area contributed by atoms with Crippen LogP contribution in [0.15, 0.2) is 84.9 Å². The van der Waals surface area contributed by atoms with Gasteiger partial charge in [-0.2, -0.15) is 0 Å². The molecule has 0 radical (unpaired) electrons. The molecule has 0 aromatic heterocycles. The molecule has 0 bridgehead atoms. The number of hydrogen-bond donors (Lipinski definition) is 0. The van der Waals surface area contributed by atoms with Gasteiger partial charge in [0.25, 0.3) is 0 Å². The van der Waals surface area contributed by atoms with Crippen LogP contribution in [0.4, 0.5) is 0 Å². The molecule has 0 aliphatic heterocycles. The Morgan fingerprint density at radius 1 is 0.655 bits per heavy atom. The third-order valence-corrected chi connectivity index (χ3v) is 12.4. The quantitative estimate of drug-likeness (QED) is 0.384. The number of hydrogen-bond acceptors (Lipinski definition) is 1. The molecule has 0 heterocycles. The zero-order valence-electron chi connectivity index (χ0n) is 17.7. The van der Waals surface area contributed by atoms with E-state index in [1.165, 1.54) is 34.5 Å². The predicted octanol–water partition coefficient (Wildman–Crippen LogP) is 4.03. The molecule has 0 saturated carbocycles. The van der Waals surface area contributed by atoms with Gasteiger partial charge in [0, 0.05) is 0 Å². The summed E-state index contributed by atoms with van der Waals surface area (Å²) in [6.45, 7) is 5.30. The summed E-state index contributed by atoms with van der Waals surface area (Å²) in [5.74, 6) is 0. The monoisotopic (exact) mass is 487 g/mol. The van der Waals surface area contributed by atoms with E-state index in [4.69, 9.17) is 0 Å². The summed E-state index contributed by atoms with van der Waals surface area (Å²) >= 11 is -2.17. The maximum absolute atomic E-state index is 2.39. The van der Waals surface area contributed by atoms with Gasteiger partial charge in [0.15, 0.2) is 0 Å². The molecule has 146 valence electrons. The predicted molar refractivity (Wildman–Crippen MR) is 128 cm³/mol. The first-order valence-electron chi connectivity index (χ1n) is 10.1. The van der Waals surface area contributed by atoms with Crippen LogP contribution >= 0.6 is 0 Å². The molecular weight excluding hydrogens is 460 g/mol. The van der Waals surface area contributed by atoms with Crippen molar-refractivity contribution in [2.75, 3.05) is 14.1 Å². The van der Waals surface area contributed by atoms with Gasteiger partial charge in [0.05, 0.1) is 0 Å². The second-order valence-electron chi connectivity index (χ2n) is 8.04. The molecule has 4 rings (SSSR count). The van der Waals surface area contributed by atoms with E-state index in [9.17, 15) is 0 Å². The Bertz CT molecular complexity index is 1060. The number of rotatable bonds is 5. The van der Waals surface area contributed by atoms with Gasteiger partial charge in [-0.3, -0.25) is 0 Å². The minimum absolute atomic E-state index is 0.963. The van der Waals surface area contributed by atoms with Crippen LogP contribution in [0.2, 0.25) is 0 Å². The second-order valence-corrected chi connectivity index (χ2v) is 14.3. The van der Waals surface area contributed by atoms with E-state index in [1.807, 2.05) is 0 Å². The third-order valence-electron chi connectivity index (χ3n) is 5.28. The average Bonchev–Trinajstić information content (AvgIpc) is 2.71. The van der Waals surface area contributed by atoms with Crippen molar-refractivity contribution in [2.45, 2.75) is 20.4 Å². The normalized spacial score (nSPS) is 11.5. The first-order valence-corrected chi connectivity index (χ1v) is 13.9. The van der Waals surface area contributed by atoms with E-state index in [0.717, 1.165) is 6.54 Å². The van der Waals surface area contributed by atoms with Gasteiger partial charge >= 0.3 is 183 Å². The molecule has 0 fully saturated rings. The summed E-state index contributed by atoms with van der Waals surface area (Å²) < 4.78 is 4.61. The summed E-state index contributed by atoms with van der Waals surface area (Å²) in [7, 11) is 4.31. The summed E-state index contributed by atoms with van der Waals surface area (Å²) in [5, 5.41) is 2.82. The topological polar surface area (TPSA) is 3.24 Å².